The molecule has 0 unspecified atom stereocenters. The molecular formula is C27H25F3N2O3. The van der Waals surface area contributed by atoms with Gasteiger partial charge in [0.15, 0.2) is 0 Å². The fourth-order valence-corrected chi connectivity index (χ4v) is 4.19. The van der Waals surface area contributed by atoms with Gasteiger partial charge in [-0.15, -0.1) is 0 Å². The number of hydrogen-bond donors (Lipinski definition) is 2. The van der Waals surface area contributed by atoms with Crippen molar-refractivity contribution < 1.29 is 27.8 Å². The zero-order valence-electron chi connectivity index (χ0n) is 19.3. The molecule has 35 heavy (non-hydrogen) atoms. The number of hydrogen-bond acceptors (Lipinski definition) is 3. The van der Waals surface area contributed by atoms with Crippen molar-refractivity contribution in [3.05, 3.63) is 83.4 Å². The van der Waals surface area contributed by atoms with Gasteiger partial charge >= 0.3 is 6.18 Å². The van der Waals surface area contributed by atoms with Crippen LogP contribution in [-0.2, 0) is 17.8 Å². The molecule has 0 aliphatic rings. The molecule has 5 nitrogen and oxygen atoms in total. The van der Waals surface area contributed by atoms with Crippen molar-refractivity contribution in [3.63, 3.8) is 0 Å². The van der Waals surface area contributed by atoms with Crippen LogP contribution in [-0.4, -0.2) is 35.4 Å². The molecule has 0 saturated heterocycles. The number of halogens is 3. The lowest BCUT2D eigenvalue weighted by atomic mass is 10.1. The minimum Gasteiger partial charge on any atom is -0.508 e. The Bertz CT molecular complexity index is 1340. The fourth-order valence-electron chi connectivity index (χ4n) is 4.19. The van der Waals surface area contributed by atoms with Gasteiger partial charge in [-0.05, 0) is 71.6 Å². The molecule has 8 heteroatoms. The molecule has 0 aliphatic carbocycles. The van der Waals surface area contributed by atoms with Crippen molar-refractivity contribution in [2.45, 2.75) is 26.1 Å². The average molecular weight is 483 g/mol. The highest BCUT2D eigenvalue weighted by atomic mass is 19.4. The van der Waals surface area contributed by atoms with Crippen LogP contribution < -0.4 is 10.1 Å². The van der Waals surface area contributed by atoms with Crippen molar-refractivity contribution in [1.82, 2.24) is 9.88 Å². The number of carbonyl (C=O) groups is 1. The maximum atomic E-state index is 12.3. The van der Waals surface area contributed by atoms with E-state index in [2.05, 4.69) is 4.57 Å². The highest BCUT2D eigenvalue weighted by Crippen LogP contribution is 2.36. The normalized spacial score (nSPS) is 11.6. The van der Waals surface area contributed by atoms with Gasteiger partial charge in [0.2, 0.25) is 5.91 Å². The quantitative estimate of drug-likeness (QED) is 0.361. The summed E-state index contributed by atoms with van der Waals surface area (Å²) in [5.74, 6) is 0.262. The van der Waals surface area contributed by atoms with Gasteiger partial charge in [0.25, 0.3) is 0 Å². The maximum Gasteiger partial charge on any atom is 0.405 e. The Morgan fingerprint density at radius 1 is 1.00 bits per heavy atom. The summed E-state index contributed by atoms with van der Waals surface area (Å²) in [6.45, 7) is 1.20. The van der Waals surface area contributed by atoms with E-state index >= 15 is 0 Å². The van der Waals surface area contributed by atoms with Crippen LogP contribution in [0, 0.1) is 6.92 Å². The topological polar surface area (TPSA) is 63.5 Å². The minimum absolute atomic E-state index is 0.127. The van der Waals surface area contributed by atoms with Gasteiger partial charge in [0.05, 0.1) is 19.2 Å². The first-order chi connectivity index (χ1) is 16.6. The first-order valence-corrected chi connectivity index (χ1v) is 11.0. The van der Waals surface area contributed by atoms with Crippen LogP contribution in [0.2, 0.25) is 0 Å². The van der Waals surface area contributed by atoms with Crippen LogP contribution in [0.1, 0.15) is 16.7 Å². The molecule has 1 aromatic heterocycles. The molecule has 0 bridgehead atoms. The zero-order valence-corrected chi connectivity index (χ0v) is 19.3. The van der Waals surface area contributed by atoms with E-state index in [-0.39, 0.29) is 12.2 Å². The number of carbonyl (C=O) groups excluding carboxylic acids is 1. The Balaban J connectivity index is 1.63. The van der Waals surface area contributed by atoms with Gasteiger partial charge in [-0.1, -0.05) is 24.3 Å². The predicted molar refractivity (Wildman–Crippen MR) is 129 cm³/mol. The van der Waals surface area contributed by atoms with Crippen molar-refractivity contribution in [2.24, 2.45) is 0 Å². The number of aromatic hydroxyl groups is 1. The van der Waals surface area contributed by atoms with Crippen LogP contribution in [0.25, 0.3) is 22.2 Å². The Morgan fingerprint density at radius 2 is 1.66 bits per heavy atom. The zero-order chi connectivity index (χ0) is 25.2. The van der Waals surface area contributed by atoms with Gasteiger partial charge in [-0.3, -0.25) is 4.79 Å². The summed E-state index contributed by atoms with van der Waals surface area (Å²) in [6.07, 6.45) is -4.56. The van der Waals surface area contributed by atoms with Gasteiger partial charge in [-0.2, -0.15) is 13.2 Å². The van der Waals surface area contributed by atoms with Crippen molar-refractivity contribution in [3.8, 4) is 22.8 Å². The number of benzene rings is 3. The molecule has 0 saturated carbocycles. The Hall–Kier alpha value is -3.94. The standard InChI is InChI=1S/C27H25F3N2O3/c1-17-23-14-21(33)9-12-24(23)32(26(17)20-7-10-22(35-2)11-8-20)15-19-5-3-18(4-6-19)13-25(34)31-16-27(28,29)30/h3-12,14,33H,13,15-16H2,1-2H3,(H,31,34). The third-order valence-corrected chi connectivity index (χ3v) is 5.88. The van der Waals surface area contributed by atoms with E-state index in [0.717, 1.165) is 39.0 Å². The molecule has 4 aromatic rings. The number of alkyl halides is 3. The number of rotatable bonds is 7. The largest absolute Gasteiger partial charge is 0.508 e. The number of methoxy groups -OCH3 is 1. The number of nitrogens with one attached hydrogen (secondary N) is 1. The minimum atomic E-state index is -4.43. The van der Waals surface area contributed by atoms with Gasteiger partial charge in [0, 0.05) is 17.4 Å². The maximum absolute atomic E-state index is 12.3. The molecule has 0 atom stereocenters. The van der Waals surface area contributed by atoms with Gasteiger partial charge in [-0.25, -0.2) is 0 Å². The van der Waals surface area contributed by atoms with E-state index in [1.54, 1.807) is 31.4 Å². The van der Waals surface area contributed by atoms with Gasteiger partial charge < -0.3 is 19.7 Å². The molecule has 1 heterocycles. The van der Waals surface area contributed by atoms with Crippen LogP contribution in [0.15, 0.2) is 66.7 Å². The summed E-state index contributed by atoms with van der Waals surface area (Å²) < 4.78 is 44.4. The number of nitrogens with zero attached hydrogens (tertiary/aromatic N) is 1. The van der Waals surface area contributed by atoms with E-state index < -0.39 is 18.6 Å². The van der Waals surface area contributed by atoms with Crippen LogP contribution in [0.5, 0.6) is 11.5 Å². The molecule has 0 spiro atoms. The lowest BCUT2D eigenvalue weighted by Gasteiger charge is -2.13. The number of phenols is 1. The van der Waals surface area contributed by atoms with E-state index in [0.29, 0.717) is 12.1 Å². The molecule has 3 aromatic carbocycles. The average Bonchev–Trinajstić information content (AvgIpc) is 3.09. The lowest BCUT2D eigenvalue weighted by molar-refractivity contribution is -0.138. The summed E-state index contributed by atoms with van der Waals surface area (Å²) in [7, 11) is 1.61. The Labute approximate surface area is 200 Å². The first kappa shape index (κ1) is 24.2. The van der Waals surface area contributed by atoms with Crippen LogP contribution in [0.3, 0.4) is 0 Å². The molecular weight excluding hydrogens is 457 g/mol. The molecule has 0 fully saturated rings. The van der Waals surface area contributed by atoms with Crippen molar-refractivity contribution in [2.75, 3.05) is 13.7 Å². The number of fused-ring (bicyclic) bond motifs is 1. The Morgan fingerprint density at radius 3 is 2.29 bits per heavy atom. The van der Waals surface area contributed by atoms with Crippen LogP contribution >= 0.6 is 0 Å². The smallest absolute Gasteiger partial charge is 0.405 e. The van der Waals surface area contributed by atoms with Gasteiger partial charge in [0.1, 0.15) is 18.0 Å². The fraction of sp³-hybridized carbons (Fsp3) is 0.222. The van der Waals surface area contributed by atoms with E-state index in [4.69, 9.17) is 4.74 Å². The monoisotopic (exact) mass is 482 g/mol. The highest BCUT2D eigenvalue weighted by molar-refractivity contribution is 5.92. The lowest BCUT2D eigenvalue weighted by Crippen LogP contribution is -2.34. The summed E-state index contributed by atoms with van der Waals surface area (Å²) in [6, 6.07) is 20.3. The van der Waals surface area contributed by atoms with E-state index in [1.807, 2.05) is 54.7 Å². The summed E-state index contributed by atoms with van der Waals surface area (Å²) in [4.78, 5) is 11.8. The van der Waals surface area contributed by atoms with E-state index in [1.165, 1.54) is 0 Å². The number of phenolic OH excluding ortho intramolecular Hbond substituents is 1. The second-order valence-corrected chi connectivity index (χ2v) is 8.37. The number of ether oxygens (including phenoxy) is 1. The third-order valence-electron chi connectivity index (χ3n) is 5.88. The van der Waals surface area contributed by atoms with Crippen LogP contribution in [0.4, 0.5) is 13.2 Å². The third kappa shape index (κ3) is 5.59. The molecule has 1 amide bonds. The molecule has 4 rings (SSSR count). The second kappa shape index (κ2) is 9.74. The summed E-state index contributed by atoms with van der Waals surface area (Å²) in [5.41, 5.74) is 5.58. The van der Waals surface area contributed by atoms with Crippen molar-refractivity contribution >= 4 is 16.8 Å². The summed E-state index contributed by atoms with van der Waals surface area (Å²) in [5, 5.41) is 12.9. The molecule has 0 aliphatic heterocycles. The van der Waals surface area contributed by atoms with E-state index in [9.17, 15) is 23.1 Å². The predicted octanol–water partition coefficient (Wildman–Crippen LogP) is 5.60. The second-order valence-electron chi connectivity index (χ2n) is 8.37. The summed E-state index contributed by atoms with van der Waals surface area (Å²) >= 11 is 0. The SMILES string of the molecule is COc1ccc(-c2c(C)c3cc(O)ccc3n2Cc2ccc(CC(=O)NCC(F)(F)F)cc2)cc1. The number of amides is 1. The highest BCUT2D eigenvalue weighted by Gasteiger charge is 2.27. The van der Waals surface area contributed by atoms with Crippen molar-refractivity contribution in [1.29, 1.82) is 0 Å². The number of aryl methyl sites for hydroxylation is 1. The molecule has 182 valence electrons. The first-order valence-electron chi connectivity index (χ1n) is 11.0. The molecule has 0 radical (unpaired) electrons. The molecule has 2 N–H and O–H groups in total. The Kier molecular flexibility index (Phi) is 6.73. The number of aromatic nitrogens is 1.